The lowest BCUT2D eigenvalue weighted by molar-refractivity contribution is 0.237. The third-order valence-corrected chi connectivity index (χ3v) is 8.48. The number of nitrogens with two attached hydrogens (primary N) is 1. The first-order valence-electron chi connectivity index (χ1n) is 15.4. The molecule has 1 atom stereocenters. The number of hydrogen-bond donors (Lipinski definition) is 3. The summed E-state index contributed by atoms with van der Waals surface area (Å²) in [6.45, 7) is 4.48. The molecule has 1 aliphatic heterocycles. The molecule has 4 N–H and O–H groups in total. The summed E-state index contributed by atoms with van der Waals surface area (Å²) in [4.78, 5) is 17.0. The number of rotatable bonds is 10. The molecule has 9 nitrogen and oxygen atoms in total. The Morgan fingerprint density at radius 2 is 1.82 bits per heavy atom. The quantitative estimate of drug-likeness (QED) is 0.176. The molecule has 1 aliphatic rings. The van der Waals surface area contributed by atoms with Crippen LogP contribution in [0.3, 0.4) is 0 Å². The Morgan fingerprint density at radius 1 is 0.978 bits per heavy atom. The molecule has 45 heavy (non-hydrogen) atoms. The Labute approximate surface area is 261 Å². The molecular formula is C35H37FN8O. The fourth-order valence-electron chi connectivity index (χ4n) is 6.24. The van der Waals surface area contributed by atoms with Gasteiger partial charge in [-0.05, 0) is 99.2 Å². The van der Waals surface area contributed by atoms with Gasteiger partial charge in [0.25, 0.3) is 0 Å². The summed E-state index contributed by atoms with van der Waals surface area (Å²) >= 11 is 0. The molecule has 0 aliphatic carbocycles. The van der Waals surface area contributed by atoms with Crippen molar-refractivity contribution >= 4 is 21.9 Å². The molecule has 1 saturated heterocycles. The lowest BCUT2D eigenvalue weighted by atomic mass is 9.97. The van der Waals surface area contributed by atoms with Crippen LogP contribution in [0.5, 0.6) is 5.75 Å². The number of nitrogens with one attached hydrogen (secondary N) is 2. The molecule has 10 heteroatoms. The van der Waals surface area contributed by atoms with E-state index in [-0.39, 0.29) is 11.9 Å². The molecule has 7 rings (SSSR count). The van der Waals surface area contributed by atoms with Gasteiger partial charge in [-0.2, -0.15) is 5.10 Å². The minimum atomic E-state index is -0.308. The van der Waals surface area contributed by atoms with Crippen molar-refractivity contribution in [3.63, 3.8) is 0 Å². The number of aromatic amines is 2. The van der Waals surface area contributed by atoms with Crippen molar-refractivity contribution in [2.75, 3.05) is 46.9 Å². The van der Waals surface area contributed by atoms with Crippen LogP contribution in [0.4, 0.5) is 4.39 Å². The summed E-state index contributed by atoms with van der Waals surface area (Å²) in [7, 11) is 3.91. The Hall–Kier alpha value is -4.64. The van der Waals surface area contributed by atoms with Gasteiger partial charge in [0, 0.05) is 58.9 Å². The molecule has 6 aromatic rings. The molecule has 1 fully saturated rings. The summed E-state index contributed by atoms with van der Waals surface area (Å²) in [6.07, 6.45) is 7.93. The van der Waals surface area contributed by atoms with Gasteiger partial charge in [0.05, 0.1) is 11.9 Å². The molecule has 5 heterocycles. The molecule has 1 unspecified atom stereocenters. The van der Waals surface area contributed by atoms with E-state index in [2.05, 4.69) is 42.2 Å². The summed E-state index contributed by atoms with van der Waals surface area (Å²) in [6, 6.07) is 16.9. The van der Waals surface area contributed by atoms with E-state index in [1.54, 1.807) is 12.3 Å². The average molecular weight is 605 g/mol. The van der Waals surface area contributed by atoms with Gasteiger partial charge in [-0.3, -0.25) is 15.0 Å². The normalized spacial score (nSPS) is 14.6. The molecule has 0 bridgehead atoms. The fourth-order valence-corrected chi connectivity index (χ4v) is 6.24. The number of benzene rings is 2. The van der Waals surface area contributed by atoms with Crippen LogP contribution >= 0.6 is 0 Å². The predicted octanol–water partition coefficient (Wildman–Crippen LogP) is 6.01. The van der Waals surface area contributed by atoms with Crippen LogP contribution in [0.2, 0.25) is 0 Å². The summed E-state index contributed by atoms with van der Waals surface area (Å²) in [5.41, 5.74) is 13.9. The first-order chi connectivity index (χ1) is 21.9. The van der Waals surface area contributed by atoms with E-state index in [1.807, 2.05) is 61.7 Å². The van der Waals surface area contributed by atoms with Crippen molar-refractivity contribution < 1.29 is 9.13 Å². The van der Waals surface area contributed by atoms with Gasteiger partial charge in [-0.25, -0.2) is 9.37 Å². The van der Waals surface area contributed by atoms with Crippen LogP contribution in [0.1, 0.15) is 24.4 Å². The molecule has 4 aromatic heterocycles. The van der Waals surface area contributed by atoms with Crippen molar-refractivity contribution in [3.05, 3.63) is 84.6 Å². The third kappa shape index (κ3) is 6.17. The van der Waals surface area contributed by atoms with E-state index in [4.69, 9.17) is 10.5 Å². The number of hydrogen-bond acceptors (Lipinski definition) is 7. The Morgan fingerprint density at radius 3 is 2.67 bits per heavy atom. The van der Waals surface area contributed by atoms with E-state index >= 15 is 0 Å². The van der Waals surface area contributed by atoms with Crippen LogP contribution in [0, 0.1) is 5.82 Å². The fraction of sp³-hybridized carbons (Fsp3) is 0.286. The van der Waals surface area contributed by atoms with Gasteiger partial charge in [0.1, 0.15) is 23.9 Å². The minimum absolute atomic E-state index is 0.301. The van der Waals surface area contributed by atoms with E-state index in [1.165, 1.54) is 18.9 Å². The average Bonchev–Trinajstić information content (AvgIpc) is 3.80. The van der Waals surface area contributed by atoms with E-state index in [0.29, 0.717) is 18.8 Å². The monoisotopic (exact) mass is 604 g/mol. The summed E-state index contributed by atoms with van der Waals surface area (Å²) < 4.78 is 20.9. The van der Waals surface area contributed by atoms with E-state index in [0.717, 1.165) is 80.9 Å². The highest BCUT2D eigenvalue weighted by atomic mass is 19.1. The maximum atomic E-state index is 14.8. The predicted molar refractivity (Wildman–Crippen MR) is 176 cm³/mol. The second-order valence-corrected chi connectivity index (χ2v) is 12.1. The topological polar surface area (TPSA) is 112 Å². The number of aromatic nitrogens is 5. The third-order valence-electron chi connectivity index (χ3n) is 8.48. The lowest BCUT2D eigenvalue weighted by Crippen LogP contribution is -2.26. The van der Waals surface area contributed by atoms with Gasteiger partial charge < -0.3 is 20.4 Å². The first kappa shape index (κ1) is 29.1. The smallest absolute Gasteiger partial charge is 0.155 e. The largest absolute Gasteiger partial charge is 0.491 e. The highest BCUT2D eigenvalue weighted by molar-refractivity contribution is 6.01. The van der Waals surface area contributed by atoms with E-state index in [9.17, 15) is 4.39 Å². The first-order valence-corrected chi connectivity index (χ1v) is 15.4. The molecule has 2 aromatic carbocycles. The van der Waals surface area contributed by atoms with Crippen molar-refractivity contribution in [2.24, 2.45) is 5.73 Å². The number of likely N-dealkylation sites (tertiary alicyclic amines) is 1. The van der Waals surface area contributed by atoms with Crippen LogP contribution in [-0.4, -0.2) is 81.8 Å². The van der Waals surface area contributed by atoms with Crippen molar-refractivity contribution in [1.29, 1.82) is 0 Å². The van der Waals surface area contributed by atoms with Crippen LogP contribution < -0.4 is 10.5 Å². The van der Waals surface area contributed by atoms with Crippen molar-refractivity contribution in [3.8, 4) is 39.4 Å². The van der Waals surface area contributed by atoms with Crippen molar-refractivity contribution in [1.82, 2.24) is 34.9 Å². The van der Waals surface area contributed by atoms with Crippen LogP contribution in [0.25, 0.3) is 55.6 Å². The number of nitrogens with zero attached hydrogens (tertiary/aromatic N) is 5. The molecule has 0 saturated carbocycles. The van der Waals surface area contributed by atoms with E-state index < -0.39 is 0 Å². The number of halogens is 1. The van der Waals surface area contributed by atoms with Crippen molar-refractivity contribution in [2.45, 2.75) is 18.9 Å². The molecule has 0 amide bonds. The molecule has 0 radical (unpaired) electrons. The summed E-state index contributed by atoms with van der Waals surface area (Å²) in [5, 5.41) is 9.54. The highest BCUT2D eigenvalue weighted by Crippen LogP contribution is 2.36. The van der Waals surface area contributed by atoms with Gasteiger partial charge in [-0.1, -0.05) is 12.1 Å². The number of ether oxygens (including phenoxy) is 1. The SMILES string of the molecule is CN(C)CC(N)c1cc(F)cc(-c2cccc3[nH]c(-c4n[nH]c5ncc(-c6cncc(OCCN7CCCC7)c6)cc45)cc23)c1. The number of fused-ring (bicyclic) bond motifs is 2. The lowest BCUT2D eigenvalue weighted by Gasteiger charge is -2.18. The van der Waals surface area contributed by atoms with Gasteiger partial charge in [0.15, 0.2) is 5.65 Å². The second kappa shape index (κ2) is 12.4. The maximum Gasteiger partial charge on any atom is 0.155 e. The summed E-state index contributed by atoms with van der Waals surface area (Å²) in [5.74, 6) is 0.433. The zero-order valence-electron chi connectivity index (χ0n) is 25.6. The number of H-pyrrole nitrogens is 2. The number of pyridine rings is 2. The second-order valence-electron chi connectivity index (χ2n) is 12.1. The van der Waals surface area contributed by atoms with Crippen LogP contribution in [0.15, 0.2) is 73.2 Å². The van der Waals surface area contributed by atoms with Gasteiger partial charge >= 0.3 is 0 Å². The maximum absolute atomic E-state index is 14.8. The van der Waals surface area contributed by atoms with Gasteiger partial charge in [-0.15, -0.1) is 0 Å². The highest BCUT2D eigenvalue weighted by Gasteiger charge is 2.17. The minimum Gasteiger partial charge on any atom is -0.491 e. The molecule has 230 valence electrons. The zero-order valence-corrected chi connectivity index (χ0v) is 25.6. The molecular weight excluding hydrogens is 567 g/mol. The molecule has 0 spiro atoms. The standard InChI is InChI=1S/C35H37FN8O/c1-43(2)21-31(37)23-12-22(13-26(36)14-23)28-6-5-7-32-29(28)17-33(40-32)34-30-16-25(19-39-35(30)42-41-34)24-15-27(20-38-18-24)45-11-10-44-8-3-4-9-44/h5-7,12-20,31,40H,3-4,8-11,21,37H2,1-2H3,(H,39,41,42). The Bertz CT molecular complexity index is 1960. The zero-order chi connectivity index (χ0) is 30.9. The Kier molecular flexibility index (Phi) is 8.01. The van der Waals surface area contributed by atoms with Gasteiger partial charge in [0.2, 0.25) is 0 Å². The van der Waals surface area contributed by atoms with Crippen LogP contribution in [-0.2, 0) is 0 Å². The Balaban J connectivity index is 1.19. The number of likely N-dealkylation sites (N-methyl/N-ethyl adjacent to an activating group) is 1.